The molecule has 1 aliphatic rings. The van der Waals surface area contributed by atoms with Gasteiger partial charge in [0.05, 0.1) is 24.5 Å². The van der Waals surface area contributed by atoms with Crippen LogP contribution in [0.3, 0.4) is 0 Å². The molecule has 0 amide bonds. The number of anilines is 1. The number of hydrogen-bond donors (Lipinski definition) is 2. The molecular weight excluding hydrogens is 263 g/mol. The van der Waals surface area contributed by atoms with Crippen LogP contribution in [-0.4, -0.2) is 54.9 Å². The number of rotatable bonds is 5. The predicted molar refractivity (Wildman–Crippen MR) is 73.7 cm³/mol. The third-order valence-corrected chi connectivity index (χ3v) is 3.25. The fourth-order valence-corrected chi connectivity index (χ4v) is 2.25. The lowest BCUT2D eigenvalue weighted by Crippen LogP contribution is -2.42. The quantitative estimate of drug-likeness (QED) is 0.860. The molecule has 0 spiro atoms. The van der Waals surface area contributed by atoms with E-state index in [2.05, 4.69) is 10.2 Å². The van der Waals surface area contributed by atoms with Crippen LogP contribution in [0.5, 0.6) is 0 Å². The van der Waals surface area contributed by atoms with Gasteiger partial charge in [-0.05, 0) is 25.1 Å². The molecule has 1 fully saturated rings. The Labute approximate surface area is 117 Å². The van der Waals surface area contributed by atoms with E-state index in [1.807, 2.05) is 6.92 Å². The van der Waals surface area contributed by atoms with Gasteiger partial charge in [0.25, 0.3) is 0 Å². The van der Waals surface area contributed by atoms with Crippen LogP contribution in [0.1, 0.15) is 17.3 Å². The van der Waals surface area contributed by atoms with E-state index in [9.17, 15) is 9.18 Å². The molecule has 1 atom stereocenters. The highest BCUT2D eigenvalue weighted by atomic mass is 19.1. The van der Waals surface area contributed by atoms with Gasteiger partial charge in [-0.1, -0.05) is 0 Å². The number of morpholine rings is 1. The van der Waals surface area contributed by atoms with E-state index in [4.69, 9.17) is 9.84 Å². The smallest absolute Gasteiger partial charge is 0.335 e. The lowest BCUT2D eigenvalue weighted by molar-refractivity contribution is 0.0368. The van der Waals surface area contributed by atoms with Crippen molar-refractivity contribution in [3.63, 3.8) is 0 Å². The lowest BCUT2D eigenvalue weighted by Gasteiger charge is -2.29. The lowest BCUT2D eigenvalue weighted by atomic mass is 10.2. The molecule has 1 unspecified atom stereocenters. The third kappa shape index (κ3) is 3.91. The molecule has 1 heterocycles. The molecule has 0 bridgehead atoms. The Morgan fingerprint density at radius 1 is 1.50 bits per heavy atom. The first-order valence-corrected chi connectivity index (χ1v) is 6.66. The minimum Gasteiger partial charge on any atom is -0.478 e. The van der Waals surface area contributed by atoms with E-state index >= 15 is 0 Å². The third-order valence-electron chi connectivity index (χ3n) is 3.25. The van der Waals surface area contributed by atoms with E-state index in [-0.39, 0.29) is 11.6 Å². The summed E-state index contributed by atoms with van der Waals surface area (Å²) in [4.78, 5) is 13.0. The highest BCUT2D eigenvalue weighted by Gasteiger charge is 2.15. The van der Waals surface area contributed by atoms with Crippen LogP contribution in [0, 0.1) is 5.82 Å². The zero-order chi connectivity index (χ0) is 14.5. The van der Waals surface area contributed by atoms with E-state index in [0.717, 1.165) is 38.9 Å². The molecule has 0 saturated carbocycles. The van der Waals surface area contributed by atoms with E-state index < -0.39 is 11.8 Å². The van der Waals surface area contributed by atoms with Crippen LogP contribution in [0.15, 0.2) is 18.2 Å². The predicted octanol–water partition coefficient (Wildman–Crippen LogP) is 1.66. The first-order chi connectivity index (χ1) is 9.56. The van der Waals surface area contributed by atoms with Gasteiger partial charge in [0.2, 0.25) is 0 Å². The Morgan fingerprint density at radius 3 is 2.80 bits per heavy atom. The van der Waals surface area contributed by atoms with Gasteiger partial charge in [0.1, 0.15) is 5.82 Å². The molecule has 6 heteroatoms. The summed E-state index contributed by atoms with van der Waals surface area (Å²) in [5.41, 5.74) is 0.282. The number of ether oxygens (including phenoxy) is 1. The average molecular weight is 282 g/mol. The molecule has 0 aromatic heterocycles. The van der Waals surface area contributed by atoms with Crippen LogP contribution in [0.4, 0.5) is 10.1 Å². The van der Waals surface area contributed by atoms with Gasteiger partial charge in [-0.15, -0.1) is 0 Å². The zero-order valence-electron chi connectivity index (χ0n) is 11.4. The molecule has 5 nitrogen and oxygen atoms in total. The fraction of sp³-hybridized carbons (Fsp3) is 0.500. The number of carbonyl (C=O) groups is 1. The number of carboxylic acid groups (broad SMARTS) is 1. The molecule has 0 radical (unpaired) electrons. The second-order valence-electron chi connectivity index (χ2n) is 4.96. The normalized spacial score (nSPS) is 17.7. The number of halogens is 1. The summed E-state index contributed by atoms with van der Waals surface area (Å²) >= 11 is 0. The number of benzene rings is 1. The van der Waals surface area contributed by atoms with Crippen molar-refractivity contribution in [3.05, 3.63) is 29.6 Å². The number of aromatic carboxylic acids is 1. The van der Waals surface area contributed by atoms with Gasteiger partial charge in [-0.25, -0.2) is 9.18 Å². The van der Waals surface area contributed by atoms with Gasteiger partial charge in [0, 0.05) is 25.7 Å². The fourth-order valence-electron chi connectivity index (χ4n) is 2.25. The molecule has 1 aliphatic heterocycles. The van der Waals surface area contributed by atoms with Gasteiger partial charge in [0.15, 0.2) is 0 Å². The maximum Gasteiger partial charge on any atom is 0.335 e. The molecule has 2 N–H and O–H groups in total. The topological polar surface area (TPSA) is 61.8 Å². The van der Waals surface area contributed by atoms with Crippen LogP contribution >= 0.6 is 0 Å². The van der Waals surface area contributed by atoms with Gasteiger partial charge in [-0.3, -0.25) is 4.90 Å². The Bertz CT molecular complexity index is 475. The van der Waals surface area contributed by atoms with Crippen LogP contribution in [0.25, 0.3) is 0 Å². The van der Waals surface area contributed by atoms with E-state index in [0.29, 0.717) is 5.69 Å². The van der Waals surface area contributed by atoms with Crippen molar-refractivity contribution in [2.24, 2.45) is 0 Å². The molecular formula is C14H19FN2O3. The minimum absolute atomic E-state index is 0.0473. The summed E-state index contributed by atoms with van der Waals surface area (Å²) < 4.78 is 19.1. The Hall–Kier alpha value is -1.66. The van der Waals surface area contributed by atoms with E-state index in [1.165, 1.54) is 12.1 Å². The van der Waals surface area contributed by atoms with Crippen molar-refractivity contribution >= 4 is 11.7 Å². The Morgan fingerprint density at radius 2 is 2.20 bits per heavy atom. The average Bonchev–Trinajstić information content (AvgIpc) is 2.42. The summed E-state index contributed by atoms with van der Waals surface area (Å²) in [7, 11) is 0. The molecule has 20 heavy (non-hydrogen) atoms. The first-order valence-electron chi connectivity index (χ1n) is 6.66. The Balaban J connectivity index is 1.93. The minimum atomic E-state index is -1.13. The molecule has 110 valence electrons. The summed E-state index contributed by atoms with van der Waals surface area (Å²) in [6.07, 6.45) is 0. The summed E-state index contributed by atoms with van der Waals surface area (Å²) in [6.45, 7) is 5.99. The standard InChI is InChI=1S/C14H19FN2O3/c1-10(9-17-4-6-20-7-5-17)16-13-3-2-11(14(18)19)8-12(13)15/h2-3,8,10,16H,4-7,9H2,1H3,(H,18,19). The van der Waals surface area contributed by atoms with Crippen LogP contribution in [-0.2, 0) is 4.74 Å². The zero-order valence-corrected chi connectivity index (χ0v) is 11.4. The van der Waals surface area contributed by atoms with Gasteiger partial charge in [-0.2, -0.15) is 0 Å². The molecule has 1 aromatic carbocycles. The SMILES string of the molecule is CC(CN1CCOCC1)Nc1ccc(C(=O)O)cc1F. The Kier molecular flexibility index (Phi) is 4.92. The molecule has 1 aromatic rings. The molecule has 1 saturated heterocycles. The van der Waals surface area contributed by atoms with Crippen LogP contribution in [0.2, 0.25) is 0 Å². The van der Waals surface area contributed by atoms with Crippen molar-refractivity contribution in [1.29, 1.82) is 0 Å². The van der Waals surface area contributed by atoms with Crippen molar-refractivity contribution in [2.75, 3.05) is 38.2 Å². The second kappa shape index (κ2) is 6.67. The number of carboxylic acids is 1. The highest BCUT2D eigenvalue weighted by Crippen LogP contribution is 2.17. The van der Waals surface area contributed by atoms with Gasteiger partial charge >= 0.3 is 5.97 Å². The maximum absolute atomic E-state index is 13.8. The van der Waals surface area contributed by atoms with Crippen molar-refractivity contribution in [2.45, 2.75) is 13.0 Å². The highest BCUT2D eigenvalue weighted by molar-refractivity contribution is 5.88. The largest absolute Gasteiger partial charge is 0.478 e. The summed E-state index contributed by atoms with van der Waals surface area (Å²) in [5, 5.41) is 11.9. The van der Waals surface area contributed by atoms with Gasteiger partial charge < -0.3 is 15.2 Å². The number of nitrogens with one attached hydrogen (secondary N) is 1. The van der Waals surface area contributed by atoms with Crippen molar-refractivity contribution in [1.82, 2.24) is 4.90 Å². The second-order valence-corrected chi connectivity index (χ2v) is 4.96. The molecule has 0 aliphatic carbocycles. The van der Waals surface area contributed by atoms with Crippen LogP contribution < -0.4 is 5.32 Å². The number of hydrogen-bond acceptors (Lipinski definition) is 4. The van der Waals surface area contributed by atoms with E-state index in [1.54, 1.807) is 0 Å². The first kappa shape index (κ1) is 14.7. The summed E-state index contributed by atoms with van der Waals surface area (Å²) in [5.74, 6) is -1.67. The summed E-state index contributed by atoms with van der Waals surface area (Å²) in [6, 6.07) is 3.97. The van der Waals surface area contributed by atoms with Crippen molar-refractivity contribution < 1.29 is 19.0 Å². The maximum atomic E-state index is 13.8. The van der Waals surface area contributed by atoms with Crippen molar-refractivity contribution in [3.8, 4) is 0 Å². The number of nitrogens with zero attached hydrogens (tertiary/aromatic N) is 1. The monoisotopic (exact) mass is 282 g/mol. The molecule has 2 rings (SSSR count).